The Kier molecular flexibility index (Phi) is 9.73. The van der Waals surface area contributed by atoms with Gasteiger partial charge in [-0.1, -0.05) is 50.2 Å². The lowest BCUT2D eigenvalue weighted by molar-refractivity contribution is -0.137. The third-order valence-corrected chi connectivity index (χ3v) is 6.04. The van der Waals surface area contributed by atoms with E-state index in [1.54, 1.807) is 0 Å². The number of halogens is 3. The molecule has 0 heterocycles. The van der Waals surface area contributed by atoms with Crippen LogP contribution in [0.1, 0.15) is 19.4 Å². The number of alkyl halides is 3. The Balaban J connectivity index is 1.60. The van der Waals surface area contributed by atoms with E-state index >= 15 is 0 Å². The first-order valence-corrected chi connectivity index (χ1v) is 12.2. The molecular weight excluding hydrogens is 483 g/mol. The van der Waals surface area contributed by atoms with Crippen molar-refractivity contribution in [1.82, 2.24) is 15.1 Å². The molecule has 10 heteroatoms. The number of anilines is 2. The summed E-state index contributed by atoms with van der Waals surface area (Å²) < 4.78 is 38.5. The monoisotopic (exact) mass is 515 g/mol. The fraction of sp³-hybridized carbons (Fsp3) is 0.333. The highest BCUT2D eigenvalue weighted by Crippen LogP contribution is 2.29. The molecular formula is C27H32F3N5O2. The summed E-state index contributed by atoms with van der Waals surface area (Å²) in [5, 5.41) is 10.2. The van der Waals surface area contributed by atoms with Crippen LogP contribution < -0.4 is 16.0 Å². The van der Waals surface area contributed by atoms with E-state index in [0.29, 0.717) is 18.8 Å². The number of nitrogens with zero attached hydrogens (tertiary/aromatic N) is 2. The summed E-state index contributed by atoms with van der Waals surface area (Å²) in [6, 6.07) is 16.8. The van der Waals surface area contributed by atoms with Gasteiger partial charge in [-0.3, -0.25) is 0 Å². The average Bonchev–Trinajstić information content (AvgIpc) is 2.88. The molecule has 0 bridgehead atoms. The fourth-order valence-electron chi connectivity index (χ4n) is 3.87. The van der Waals surface area contributed by atoms with Crippen LogP contribution in [-0.2, 0) is 6.18 Å². The largest absolute Gasteiger partial charge is 0.416 e. The molecule has 37 heavy (non-hydrogen) atoms. The van der Waals surface area contributed by atoms with Crippen molar-refractivity contribution < 1.29 is 22.8 Å². The number of benzene rings is 3. The van der Waals surface area contributed by atoms with E-state index in [4.69, 9.17) is 0 Å². The number of fused-ring (bicyclic) bond motifs is 1. The molecule has 3 aromatic carbocycles. The summed E-state index contributed by atoms with van der Waals surface area (Å²) in [5.74, 6) is 0. The van der Waals surface area contributed by atoms with Crippen LogP contribution in [0, 0.1) is 0 Å². The highest BCUT2D eigenvalue weighted by Gasteiger charge is 2.30. The highest BCUT2D eigenvalue weighted by molar-refractivity contribution is 6.01. The summed E-state index contributed by atoms with van der Waals surface area (Å²) in [6.45, 7) is 7.10. The van der Waals surface area contributed by atoms with Gasteiger partial charge in [0, 0.05) is 37.3 Å². The predicted molar refractivity (Wildman–Crippen MR) is 141 cm³/mol. The molecule has 7 nitrogen and oxygen atoms in total. The molecule has 0 saturated carbocycles. The van der Waals surface area contributed by atoms with Crippen molar-refractivity contribution in [2.75, 3.05) is 49.9 Å². The molecule has 0 aliphatic rings. The van der Waals surface area contributed by atoms with Crippen LogP contribution in [-0.4, -0.2) is 61.1 Å². The van der Waals surface area contributed by atoms with Gasteiger partial charge in [-0.15, -0.1) is 0 Å². The van der Waals surface area contributed by atoms with Crippen molar-refractivity contribution in [3.05, 3.63) is 72.3 Å². The molecule has 0 atom stereocenters. The minimum absolute atomic E-state index is 0.190. The first kappa shape index (κ1) is 27.8. The molecule has 0 fully saturated rings. The van der Waals surface area contributed by atoms with Gasteiger partial charge in [0.15, 0.2) is 0 Å². The second-order valence-corrected chi connectivity index (χ2v) is 8.43. The van der Waals surface area contributed by atoms with E-state index in [9.17, 15) is 22.8 Å². The SMILES string of the molecule is CCN(CC)CCN(CCNC(=O)Nc1cccc2ccccc12)C(=O)Nc1ccc(C(F)(F)F)cc1. The molecule has 0 radical (unpaired) electrons. The molecule has 3 aromatic rings. The maximum atomic E-state index is 12.9. The van der Waals surface area contributed by atoms with E-state index in [1.165, 1.54) is 17.0 Å². The molecule has 4 amide bonds. The van der Waals surface area contributed by atoms with Crippen LogP contribution in [0.2, 0.25) is 0 Å². The van der Waals surface area contributed by atoms with Crippen molar-refractivity contribution in [2.45, 2.75) is 20.0 Å². The quantitative estimate of drug-likeness (QED) is 0.317. The average molecular weight is 516 g/mol. The lowest BCUT2D eigenvalue weighted by Gasteiger charge is -2.27. The lowest BCUT2D eigenvalue weighted by atomic mass is 10.1. The molecule has 3 rings (SSSR count). The van der Waals surface area contributed by atoms with Gasteiger partial charge in [0.25, 0.3) is 0 Å². The molecule has 0 aliphatic heterocycles. The van der Waals surface area contributed by atoms with Crippen LogP contribution in [0.3, 0.4) is 0 Å². The highest BCUT2D eigenvalue weighted by atomic mass is 19.4. The summed E-state index contributed by atoms with van der Waals surface area (Å²) >= 11 is 0. The van der Waals surface area contributed by atoms with E-state index in [-0.39, 0.29) is 18.8 Å². The first-order valence-electron chi connectivity index (χ1n) is 12.2. The van der Waals surface area contributed by atoms with Crippen molar-refractivity contribution >= 4 is 34.2 Å². The normalized spacial score (nSPS) is 11.4. The van der Waals surface area contributed by atoms with Gasteiger partial charge in [-0.25, -0.2) is 9.59 Å². The Labute approximate surface area is 214 Å². The number of hydrogen-bond acceptors (Lipinski definition) is 3. The van der Waals surface area contributed by atoms with E-state index in [1.807, 2.05) is 56.3 Å². The van der Waals surface area contributed by atoms with Crippen LogP contribution in [0.25, 0.3) is 10.8 Å². The summed E-state index contributed by atoms with van der Waals surface area (Å²) in [6.07, 6.45) is -4.45. The predicted octanol–water partition coefficient (Wildman–Crippen LogP) is 5.86. The lowest BCUT2D eigenvalue weighted by Crippen LogP contribution is -2.45. The topological polar surface area (TPSA) is 76.7 Å². The van der Waals surface area contributed by atoms with Crippen molar-refractivity contribution in [3.63, 3.8) is 0 Å². The third kappa shape index (κ3) is 8.11. The Morgan fingerprint density at radius 3 is 2.16 bits per heavy atom. The van der Waals surface area contributed by atoms with Gasteiger partial charge in [0.2, 0.25) is 0 Å². The zero-order chi connectivity index (χ0) is 26.8. The number of carbonyl (C=O) groups is 2. The Morgan fingerprint density at radius 1 is 0.811 bits per heavy atom. The first-order chi connectivity index (χ1) is 17.7. The Hall–Kier alpha value is -3.79. The molecule has 0 saturated heterocycles. The number of rotatable bonds is 10. The molecule has 3 N–H and O–H groups in total. The van der Waals surface area contributed by atoms with Crippen LogP contribution in [0.5, 0.6) is 0 Å². The zero-order valence-corrected chi connectivity index (χ0v) is 20.9. The molecule has 0 aromatic heterocycles. The van der Waals surface area contributed by atoms with Crippen LogP contribution >= 0.6 is 0 Å². The van der Waals surface area contributed by atoms with Crippen LogP contribution in [0.4, 0.5) is 34.1 Å². The summed E-state index contributed by atoms with van der Waals surface area (Å²) in [7, 11) is 0. The van der Waals surface area contributed by atoms with E-state index in [2.05, 4.69) is 20.9 Å². The Bertz CT molecular complexity index is 1180. The number of hydrogen-bond donors (Lipinski definition) is 3. The van der Waals surface area contributed by atoms with Crippen molar-refractivity contribution in [3.8, 4) is 0 Å². The van der Waals surface area contributed by atoms with Gasteiger partial charge in [-0.05, 0) is 48.8 Å². The van der Waals surface area contributed by atoms with Gasteiger partial charge in [0.05, 0.1) is 11.3 Å². The van der Waals surface area contributed by atoms with E-state index < -0.39 is 23.8 Å². The third-order valence-electron chi connectivity index (χ3n) is 6.04. The van der Waals surface area contributed by atoms with E-state index in [0.717, 1.165) is 36.0 Å². The Morgan fingerprint density at radius 2 is 1.49 bits per heavy atom. The zero-order valence-electron chi connectivity index (χ0n) is 20.9. The maximum Gasteiger partial charge on any atom is 0.416 e. The second-order valence-electron chi connectivity index (χ2n) is 8.43. The number of amides is 4. The van der Waals surface area contributed by atoms with Crippen molar-refractivity contribution in [2.24, 2.45) is 0 Å². The molecule has 0 aliphatic carbocycles. The second kappa shape index (κ2) is 13.0. The van der Waals surface area contributed by atoms with Gasteiger partial charge >= 0.3 is 18.2 Å². The fourth-order valence-corrected chi connectivity index (χ4v) is 3.87. The number of nitrogens with one attached hydrogen (secondary N) is 3. The molecule has 0 unspecified atom stereocenters. The van der Waals surface area contributed by atoms with Crippen molar-refractivity contribution in [1.29, 1.82) is 0 Å². The summed E-state index contributed by atoms with van der Waals surface area (Å²) in [5.41, 5.74) is 0.145. The summed E-state index contributed by atoms with van der Waals surface area (Å²) in [4.78, 5) is 29.2. The number of carbonyl (C=O) groups excluding carboxylic acids is 2. The smallest absolute Gasteiger partial charge is 0.336 e. The standard InChI is InChI=1S/C27H32F3N5O2/c1-3-34(4-2)18-19-35(26(37)32-22-14-12-21(13-15-22)27(28,29)30)17-16-31-25(36)33-24-11-7-9-20-8-5-6-10-23(20)24/h5-15H,3-4,16-19H2,1-2H3,(H,32,37)(H2,31,33,36). The minimum Gasteiger partial charge on any atom is -0.336 e. The van der Waals surface area contributed by atoms with Crippen LogP contribution in [0.15, 0.2) is 66.7 Å². The minimum atomic E-state index is -4.45. The number of likely N-dealkylation sites (N-methyl/N-ethyl adjacent to an activating group) is 1. The van der Waals surface area contributed by atoms with Gasteiger partial charge in [-0.2, -0.15) is 13.2 Å². The molecule has 198 valence electrons. The van der Waals surface area contributed by atoms with Gasteiger partial charge in [0.1, 0.15) is 0 Å². The maximum absolute atomic E-state index is 12.9. The van der Waals surface area contributed by atoms with Gasteiger partial charge < -0.3 is 25.8 Å². The number of urea groups is 2. The molecule has 0 spiro atoms.